The van der Waals surface area contributed by atoms with Crippen molar-refractivity contribution in [2.24, 2.45) is 0 Å². The molecule has 5 nitrogen and oxygen atoms in total. The summed E-state index contributed by atoms with van der Waals surface area (Å²) in [5.41, 5.74) is 1.39. The molecule has 0 fully saturated rings. The van der Waals surface area contributed by atoms with Gasteiger partial charge in [-0.3, -0.25) is 4.68 Å². The molecule has 0 aliphatic rings. The lowest BCUT2D eigenvalue weighted by molar-refractivity contribution is 0.0697. The molecule has 0 atom stereocenters. The average Bonchev–Trinajstić information content (AvgIpc) is 2.80. The number of carboxylic acids is 1. The molecule has 0 radical (unpaired) electrons. The second-order valence-electron chi connectivity index (χ2n) is 3.42. The van der Waals surface area contributed by atoms with Gasteiger partial charge in [0.1, 0.15) is 0 Å². The van der Waals surface area contributed by atoms with Crippen molar-refractivity contribution in [1.82, 2.24) is 15.0 Å². The van der Waals surface area contributed by atoms with E-state index in [2.05, 4.69) is 10.3 Å². The fourth-order valence-electron chi connectivity index (χ4n) is 1.41. The zero-order chi connectivity index (χ0) is 11.4. The van der Waals surface area contributed by atoms with Gasteiger partial charge in [0.05, 0.1) is 11.8 Å². The summed E-state index contributed by atoms with van der Waals surface area (Å²) in [6.07, 6.45) is 4.24. The molecule has 2 rings (SSSR count). The lowest BCUT2D eigenvalue weighted by Crippen LogP contribution is -2.02. The first-order chi connectivity index (χ1) is 7.75. The number of aryl methyl sites for hydroxylation is 2. The molecule has 0 saturated carbocycles. The van der Waals surface area contributed by atoms with Crippen LogP contribution >= 0.6 is 0 Å². The van der Waals surface area contributed by atoms with Crippen LogP contribution in [-0.4, -0.2) is 26.1 Å². The number of carboxylic acid groups (broad SMARTS) is 1. The molecule has 2 aromatic rings. The summed E-state index contributed by atoms with van der Waals surface area (Å²) < 4.78 is 1.74. The van der Waals surface area contributed by atoms with Crippen LogP contribution in [0, 0.1) is 0 Å². The molecule has 0 amide bonds. The van der Waals surface area contributed by atoms with Crippen molar-refractivity contribution in [2.75, 3.05) is 0 Å². The van der Waals surface area contributed by atoms with Crippen molar-refractivity contribution in [3.05, 3.63) is 47.8 Å². The van der Waals surface area contributed by atoms with E-state index in [1.165, 1.54) is 0 Å². The van der Waals surface area contributed by atoms with Gasteiger partial charge in [0.15, 0.2) is 0 Å². The third-order valence-corrected chi connectivity index (χ3v) is 2.30. The molecule has 16 heavy (non-hydrogen) atoms. The SMILES string of the molecule is O=C(O)c1ccc(CCn2ccnn2)cc1. The van der Waals surface area contributed by atoms with Crippen LogP contribution in [0.4, 0.5) is 0 Å². The minimum absolute atomic E-state index is 0.310. The number of aromatic nitrogens is 3. The molecule has 82 valence electrons. The Morgan fingerprint density at radius 1 is 1.31 bits per heavy atom. The molecule has 1 heterocycles. The van der Waals surface area contributed by atoms with Gasteiger partial charge in [-0.25, -0.2) is 4.79 Å². The lowest BCUT2D eigenvalue weighted by Gasteiger charge is -2.01. The molecular formula is C11H11N3O2. The summed E-state index contributed by atoms with van der Waals surface area (Å²) in [6.45, 7) is 0.742. The first kappa shape index (κ1) is 10.4. The van der Waals surface area contributed by atoms with E-state index in [0.717, 1.165) is 18.5 Å². The number of rotatable bonds is 4. The molecule has 0 unspecified atom stereocenters. The van der Waals surface area contributed by atoms with Gasteiger partial charge in [-0.2, -0.15) is 0 Å². The first-order valence-corrected chi connectivity index (χ1v) is 4.92. The predicted molar refractivity (Wildman–Crippen MR) is 57.1 cm³/mol. The predicted octanol–water partition coefficient (Wildman–Crippen LogP) is 1.22. The van der Waals surface area contributed by atoms with Crippen LogP contribution in [0.25, 0.3) is 0 Å². The molecular weight excluding hydrogens is 206 g/mol. The fraction of sp³-hybridized carbons (Fsp3) is 0.182. The van der Waals surface area contributed by atoms with E-state index >= 15 is 0 Å². The van der Waals surface area contributed by atoms with Crippen molar-refractivity contribution in [3.63, 3.8) is 0 Å². The fourth-order valence-corrected chi connectivity index (χ4v) is 1.41. The van der Waals surface area contributed by atoms with Gasteiger partial charge in [-0.15, -0.1) is 5.10 Å². The number of benzene rings is 1. The first-order valence-electron chi connectivity index (χ1n) is 4.92. The Bertz CT molecular complexity index is 462. The topological polar surface area (TPSA) is 68.0 Å². The molecule has 1 aromatic carbocycles. The highest BCUT2D eigenvalue weighted by Gasteiger charge is 2.01. The number of carbonyl (C=O) groups is 1. The van der Waals surface area contributed by atoms with Gasteiger partial charge < -0.3 is 5.11 Å². The number of nitrogens with zero attached hydrogens (tertiary/aromatic N) is 3. The molecule has 0 spiro atoms. The summed E-state index contributed by atoms with van der Waals surface area (Å²) in [5.74, 6) is -0.900. The third kappa shape index (κ3) is 2.44. The molecule has 5 heteroatoms. The minimum Gasteiger partial charge on any atom is -0.478 e. The highest BCUT2D eigenvalue weighted by Crippen LogP contribution is 2.05. The summed E-state index contributed by atoms with van der Waals surface area (Å²) in [6, 6.07) is 6.86. The van der Waals surface area contributed by atoms with Crippen LogP contribution in [-0.2, 0) is 13.0 Å². The van der Waals surface area contributed by atoms with Crippen LogP contribution in [0.5, 0.6) is 0 Å². The van der Waals surface area contributed by atoms with Gasteiger partial charge in [-0.1, -0.05) is 17.3 Å². The highest BCUT2D eigenvalue weighted by atomic mass is 16.4. The number of hydrogen-bond acceptors (Lipinski definition) is 3. The van der Waals surface area contributed by atoms with E-state index in [0.29, 0.717) is 5.56 Å². The van der Waals surface area contributed by atoms with Crippen LogP contribution in [0.2, 0.25) is 0 Å². The Morgan fingerprint density at radius 3 is 2.62 bits per heavy atom. The number of hydrogen-bond donors (Lipinski definition) is 1. The normalized spacial score (nSPS) is 10.2. The maximum atomic E-state index is 10.6. The van der Waals surface area contributed by atoms with Gasteiger partial charge in [0.25, 0.3) is 0 Å². The van der Waals surface area contributed by atoms with E-state index in [4.69, 9.17) is 5.11 Å². The number of aromatic carboxylic acids is 1. The van der Waals surface area contributed by atoms with Crippen LogP contribution in [0.3, 0.4) is 0 Å². The summed E-state index contributed by atoms with van der Waals surface area (Å²) in [4.78, 5) is 10.6. The van der Waals surface area contributed by atoms with Gasteiger partial charge in [0, 0.05) is 12.7 Å². The molecule has 1 N–H and O–H groups in total. The van der Waals surface area contributed by atoms with Crippen molar-refractivity contribution in [1.29, 1.82) is 0 Å². The zero-order valence-electron chi connectivity index (χ0n) is 8.58. The molecule has 1 aromatic heterocycles. The minimum atomic E-state index is -0.900. The molecule has 0 aliphatic carbocycles. The molecule has 0 saturated heterocycles. The van der Waals surface area contributed by atoms with Gasteiger partial charge in [0.2, 0.25) is 0 Å². The smallest absolute Gasteiger partial charge is 0.335 e. The molecule has 0 aliphatic heterocycles. The summed E-state index contributed by atoms with van der Waals surface area (Å²) in [5, 5.41) is 16.3. The Morgan fingerprint density at radius 2 is 2.06 bits per heavy atom. The standard InChI is InChI=1S/C11H11N3O2/c15-11(16)10-3-1-9(2-4-10)5-7-14-8-6-12-13-14/h1-4,6,8H,5,7H2,(H,15,16). The second-order valence-corrected chi connectivity index (χ2v) is 3.42. The Labute approximate surface area is 92.3 Å². The second kappa shape index (κ2) is 4.57. The summed E-state index contributed by atoms with van der Waals surface area (Å²) in [7, 11) is 0. The van der Waals surface area contributed by atoms with E-state index in [9.17, 15) is 4.79 Å². The van der Waals surface area contributed by atoms with Crippen LogP contribution in [0.1, 0.15) is 15.9 Å². The zero-order valence-corrected chi connectivity index (χ0v) is 8.58. The van der Waals surface area contributed by atoms with E-state index in [1.54, 1.807) is 29.2 Å². The Hall–Kier alpha value is -2.17. The summed E-state index contributed by atoms with van der Waals surface area (Å²) >= 11 is 0. The average molecular weight is 217 g/mol. The van der Waals surface area contributed by atoms with E-state index in [1.807, 2.05) is 12.1 Å². The van der Waals surface area contributed by atoms with Gasteiger partial charge >= 0.3 is 5.97 Å². The Balaban J connectivity index is 1.98. The maximum absolute atomic E-state index is 10.6. The monoisotopic (exact) mass is 217 g/mol. The quantitative estimate of drug-likeness (QED) is 0.836. The Kier molecular flexibility index (Phi) is 2.95. The van der Waals surface area contributed by atoms with E-state index < -0.39 is 5.97 Å². The molecule has 0 bridgehead atoms. The van der Waals surface area contributed by atoms with Crippen molar-refractivity contribution >= 4 is 5.97 Å². The van der Waals surface area contributed by atoms with Crippen LogP contribution in [0.15, 0.2) is 36.7 Å². The largest absolute Gasteiger partial charge is 0.478 e. The lowest BCUT2D eigenvalue weighted by atomic mass is 10.1. The third-order valence-electron chi connectivity index (χ3n) is 2.30. The van der Waals surface area contributed by atoms with E-state index in [-0.39, 0.29) is 0 Å². The van der Waals surface area contributed by atoms with Crippen LogP contribution < -0.4 is 0 Å². The van der Waals surface area contributed by atoms with Crippen molar-refractivity contribution in [2.45, 2.75) is 13.0 Å². The van der Waals surface area contributed by atoms with Gasteiger partial charge in [-0.05, 0) is 24.1 Å². The maximum Gasteiger partial charge on any atom is 0.335 e. The highest BCUT2D eigenvalue weighted by molar-refractivity contribution is 5.87. The van der Waals surface area contributed by atoms with Crippen molar-refractivity contribution < 1.29 is 9.90 Å². The van der Waals surface area contributed by atoms with Crippen molar-refractivity contribution in [3.8, 4) is 0 Å².